The molecule has 0 bridgehead atoms. The van der Waals surface area contributed by atoms with Crippen LogP contribution in [-0.4, -0.2) is 15.9 Å². The number of anilines is 2. The van der Waals surface area contributed by atoms with Gasteiger partial charge in [0.2, 0.25) is 0 Å². The summed E-state index contributed by atoms with van der Waals surface area (Å²) >= 11 is 0. The normalized spacial score (nSPS) is 10.3. The maximum atomic E-state index is 12.5. The van der Waals surface area contributed by atoms with Gasteiger partial charge in [0.15, 0.2) is 0 Å². The third kappa shape index (κ3) is 4.41. The van der Waals surface area contributed by atoms with Gasteiger partial charge in [0.05, 0.1) is 12.2 Å². The van der Waals surface area contributed by atoms with E-state index in [1.54, 1.807) is 18.5 Å². The maximum absolute atomic E-state index is 12.5. The molecule has 0 aliphatic carbocycles. The molecular weight excluding hydrogens is 312 g/mol. The first kappa shape index (κ1) is 16.6. The summed E-state index contributed by atoms with van der Waals surface area (Å²) in [5, 5.41) is 6.20. The Balaban J connectivity index is 1.69. The molecule has 0 atom stereocenters. The highest BCUT2D eigenvalue weighted by atomic mass is 16.1. The SMILES string of the molecule is CCc1ccccc1NC(=O)c1cc(NCc2ccccn2)ccn1. The molecule has 0 unspecified atom stereocenters. The average Bonchev–Trinajstić information content (AvgIpc) is 2.68. The van der Waals surface area contributed by atoms with Gasteiger partial charge in [0.25, 0.3) is 5.91 Å². The first-order chi connectivity index (χ1) is 12.3. The molecule has 0 saturated heterocycles. The highest BCUT2D eigenvalue weighted by Gasteiger charge is 2.10. The zero-order chi connectivity index (χ0) is 17.5. The molecule has 0 spiro atoms. The average molecular weight is 332 g/mol. The second-order valence-corrected chi connectivity index (χ2v) is 5.57. The quantitative estimate of drug-likeness (QED) is 0.718. The molecule has 126 valence electrons. The Morgan fingerprint density at radius 1 is 1.00 bits per heavy atom. The van der Waals surface area contributed by atoms with Crippen LogP contribution in [0.15, 0.2) is 67.0 Å². The molecule has 3 rings (SSSR count). The van der Waals surface area contributed by atoms with Crippen LogP contribution in [0, 0.1) is 0 Å². The molecule has 5 heteroatoms. The number of hydrogen-bond donors (Lipinski definition) is 2. The summed E-state index contributed by atoms with van der Waals surface area (Å²) in [6.07, 6.45) is 4.24. The van der Waals surface area contributed by atoms with Crippen molar-refractivity contribution in [3.8, 4) is 0 Å². The van der Waals surface area contributed by atoms with Crippen molar-refractivity contribution in [1.82, 2.24) is 9.97 Å². The first-order valence-corrected chi connectivity index (χ1v) is 8.25. The van der Waals surface area contributed by atoms with Crippen molar-refractivity contribution in [1.29, 1.82) is 0 Å². The van der Waals surface area contributed by atoms with Gasteiger partial charge in [0.1, 0.15) is 5.69 Å². The number of nitrogens with zero attached hydrogens (tertiary/aromatic N) is 2. The van der Waals surface area contributed by atoms with Gasteiger partial charge in [-0.25, -0.2) is 0 Å². The van der Waals surface area contributed by atoms with Crippen LogP contribution in [0.4, 0.5) is 11.4 Å². The molecule has 5 nitrogen and oxygen atoms in total. The third-order valence-electron chi connectivity index (χ3n) is 3.84. The smallest absolute Gasteiger partial charge is 0.274 e. The van der Waals surface area contributed by atoms with Crippen LogP contribution in [0.1, 0.15) is 28.7 Å². The molecule has 1 amide bonds. The van der Waals surface area contributed by atoms with Crippen LogP contribution in [0.2, 0.25) is 0 Å². The number of hydrogen-bond acceptors (Lipinski definition) is 4. The standard InChI is InChI=1S/C20H20N4O/c1-2-15-7-3-4-9-18(15)24-20(25)19-13-16(10-12-22-19)23-14-17-8-5-6-11-21-17/h3-13H,2,14H2,1H3,(H,22,23)(H,24,25). The lowest BCUT2D eigenvalue weighted by molar-refractivity contribution is 0.102. The van der Waals surface area contributed by atoms with Crippen molar-refractivity contribution in [3.63, 3.8) is 0 Å². The molecular formula is C20H20N4O. The fourth-order valence-corrected chi connectivity index (χ4v) is 2.50. The van der Waals surface area contributed by atoms with Crippen LogP contribution in [0.5, 0.6) is 0 Å². The molecule has 0 radical (unpaired) electrons. The van der Waals surface area contributed by atoms with Gasteiger partial charge in [-0.15, -0.1) is 0 Å². The third-order valence-corrected chi connectivity index (χ3v) is 3.84. The lowest BCUT2D eigenvalue weighted by Gasteiger charge is -2.10. The van der Waals surface area contributed by atoms with E-state index < -0.39 is 0 Å². The summed E-state index contributed by atoms with van der Waals surface area (Å²) in [5.41, 5.74) is 4.05. The number of pyridine rings is 2. The van der Waals surface area contributed by atoms with E-state index in [9.17, 15) is 4.79 Å². The van der Waals surface area contributed by atoms with E-state index in [0.29, 0.717) is 12.2 Å². The number of benzene rings is 1. The van der Waals surface area contributed by atoms with Gasteiger partial charge in [-0.1, -0.05) is 31.2 Å². The molecule has 2 aromatic heterocycles. The Hall–Kier alpha value is -3.21. The highest BCUT2D eigenvalue weighted by Crippen LogP contribution is 2.17. The maximum Gasteiger partial charge on any atom is 0.274 e. The molecule has 0 saturated carbocycles. The zero-order valence-electron chi connectivity index (χ0n) is 14.1. The van der Waals surface area contributed by atoms with E-state index >= 15 is 0 Å². The first-order valence-electron chi connectivity index (χ1n) is 8.25. The molecule has 0 aliphatic rings. The fourth-order valence-electron chi connectivity index (χ4n) is 2.50. The van der Waals surface area contributed by atoms with E-state index in [1.807, 2.05) is 48.5 Å². The number of nitrogens with one attached hydrogen (secondary N) is 2. The number of aryl methyl sites for hydroxylation is 1. The number of para-hydroxylation sites is 1. The van der Waals surface area contributed by atoms with E-state index in [0.717, 1.165) is 29.1 Å². The van der Waals surface area contributed by atoms with Gasteiger partial charge < -0.3 is 10.6 Å². The topological polar surface area (TPSA) is 66.9 Å². The Kier molecular flexibility index (Phi) is 5.36. The van der Waals surface area contributed by atoms with Gasteiger partial charge in [-0.3, -0.25) is 14.8 Å². The Morgan fingerprint density at radius 3 is 2.64 bits per heavy atom. The predicted molar refractivity (Wildman–Crippen MR) is 99.6 cm³/mol. The largest absolute Gasteiger partial charge is 0.379 e. The Labute approximate surface area is 147 Å². The van der Waals surface area contributed by atoms with Crippen LogP contribution < -0.4 is 10.6 Å². The molecule has 3 aromatic rings. The van der Waals surface area contributed by atoms with E-state index in [-0.39, 0.29) is 5.91 Å². The lowest BCUT2D eigenvalue weighted by atomic mass is 10.1. The molecule has 0 fully saturated rings. The minimum Gasteiger partial charge on any atom is -0.379 e. The Bertz CT molecular complexity index is 849. The number of amides is 1. The summed E-state index contributed by atoms with van der Waals surface area (Å²) in [5.74, 6) is -0.220. The molecule has 0 aliphatic heterocycles. The minimum atomic E-state index is -0.220. The predicted octanol–water partition coefficient (Wildman–Crippen LogP) is 3.90. The molecule has 2 heterocycles. The van der Waals surface area contributed by atoms with Crippen LogP contribution in [0.25, 0.3) is 0 Å². The molecule has 2 N–H and O–H groups in total. The van der Waals surface area contributed by atoms with E-state index in [1.165, 1.54) is 0 Å². The summed E-state index contributed by atoms with van der Waals surface area (Å²) in [6.45, 7) is 2.65. The van der Waals surface area contributed by atoms with E-state index in [2.05, 4.69) is 27.5 Å². The monoisotopic (exact) mass is 332 g/mol. The molecule has 1 aromatic carbocycles. The zero-order valence-corrected chi connectivity index (χ0v) is 14.1. The van der Waals surface area contributed by atoms with Gasteiger partial charge in [-0.2, -0.15) is 0 Å². The van der Waals surface area contributed by atoms with Gasteiger partial charge in [-0.05, 0) is 42.3 Å². The minimum absolute atomic E-state index is 0.220. The van der Waals surface area contributed by atoms with Crippen LogP contribution >= 0.6 is 0 Å². The summed E-state index contributed by atoms with van der Waals surface area (Å²) in [4.78, 5) is 20.9. The van der Waals surface area contributed by atoms with Gasteiger partial charge >= 0.3 is 0 Å². The van der Waals surface area contributed by atoms with Crippen molar-refractivity contribution in [2.75, 3.05) is 10.6 Å². The number of carbonyl (C=O) groups is 1. The van der Waals surface area contributed by atoms with Crippen molar-refractivity contribution in [2.45, 2.75) is 19.9 Å². The number of carbonyl (C=O) groups excluding carboxylic acids is 1. The van der Waals surface area contributed by atoms with Crippen molar-refractivity contribution in [3.05, 3.63) is 83.9 Å². The fraction of sp³-hybridized carbons (Fsp3) is 0.150. The second kappa shape index (κ2) is 8.06. The van der Waals surface area contributed by atoms with E-state index in [4.69, 9.17) is 0 Å². The van der Waals surface area contributed by atoms with Crippen molar-refractivity contribution in [2.24, 2.45) is 0 Å². The summed E-state index contributed by atoms with van der Waals surface area (Å²) in [7, 11) is 0. The van der Waals surface area contributed by atoms with Crippen molar-refractivity contribution >= 4 is 17.3 Å². The lowest BCUT2D eigenvalue weighted by Crippen LogP contribution is -2.15. The number of rotatable bonds is 6. The summed E-state index contributed by atoms with van der Waals surface area (Å²) < 4.78 is 0. The van der Waals surface area contributed by atoms with Crippen LogP contribution in [0.3, 0.4) is 0 Å². The van der Waals surface area contributed by atoms with Crippen LogP contribution in [-0.2, 0) is 13.0 Å². The summed E-state index contributed by atoms with van der Waals surface area (Å²) in [6, 6.07) is 17.1. The number of aromatic nitrogens is 2. The second-order valence-electron chi connectivity index (χ2n) is 5.57. The molecule has 25 heavy (non-hydrogen) atoms. The van der Waals surface area contributed by atoms with Crippen molar-refractivity contribution < 1.29 is 4.79 Å². The Morgan fingerprint density at radius 2 is 1.84 bits per heavy atom. The highest BCUT2D eigenvalue weighted by molar-refractivity contribution is 6.03. The van der Waals surface area contributed by atoms with Gasteiger partial charge in [0, 0.05) is 23.8 Å².